The van der Waals surface area contributed by atoms with E-state index < -0.39 is 29.5 Å². The summed E-state index contributed by atoms with van der Waals surface area (Å²) in [4.78, 5) is 50.5. The molecular formula is C28H29N3O5S2. The molecule has 3 aromatic rings. The van der Waals surface area contributed by atoms with Crippen molar-refractivity contribution in [1.29, 1.82) is 0 Å². The molecule has 0 saturated heterocycles. The Bertz CT molecular complexity index is 1470. The number of ether oxygens (including phenoxy) is 1. The quantitative estimate of drug-likeness (QED) is 0.220. The Morgan fingerprint density at radius 2 is 1.71 bits per heavy atom. The van der Waals surface area contributed by atoms with Crippen LogP contribution in [0.2, 0.25) is 0 Å². The molecule has 2 aromatic heterocycles. The van der Waals surface area contributed by atoms with Gasteiger partial charge in [0.05, 0.1) is 32.9 Å². The highest BCUT2D eigenvalue weighted by Crippen LogP contribution is 2.44. The molecule has 3 heterocycles. The molecule has 4 rings (SSSR count). The first kappa shape index (κ1) is 27.4. The van der Waals surface area contributed by atoms with Crippen molar-refractivity contribution < 1.29 is 24.2 Å². The number of benzene rings is 1. The van der Waals surface area contributed by atoms with Crippen LogP contribution >= 0.6 is 22.7 Å². The number of aliphatic hydroxyl groups is 1. The summed E-state index contributed by atoms with van der Waals surface area (Å²) in [7, 11) is 0. The molecule has 1 aliphatic rings. The van der Waals surface area contributed by atoms with Gasteiger partial charge in [-0.15, -0.1) is 11.3 Å². The van der Waals surface area contributed by atoms with Crippen LogP contribution in [0.4, 0.5) is 5.13 Å². The number of ketones is 1. The average molecular weight is 552 g/mol. The molecule has 0 bridgehead atoms. The van der Waals surface area contributed by atoms with E-state index in [1.54, 1.807) is 20.8 Å². The monoisotopic (exact) mass is 551 g/mol. The van der Waals surface area contributed by atoms with E-state index in [0.717, 1.165) is 16.9 Å². The first-order valence-corrected chi connectivity index (χ1v) is 13.6. The predicted molar refractivity (Wildman–Crippen MR) is 148 cm³/mol. The number of hydrogen-bond acceptors (Lipinski definition) is 9. The van der Waals surface area contributed by atoms with E-state index in [0.29, 0.717) is 26.8 Å². The van der Waals surface area contributed by atoms with Crippen molar-refractivity contribution >= 4 is 45.5 Å². The minimum absolute atomic E-state index is 0.0332. The van der Waals surface area contributed by atoms with Crippen LogP contribution in [0.5, 0.6) is 0 Å². The number of hydrogen-bond donors (Lipinski definition) is 1. The van der Waals surface area contributed by atoms with Gasteiger partial charge < -0.3 is 9.84 Å². The molecule has 0 spiro atoms. The number of esters is 1. The third-order valence-electron chi connectivity index (χ3n) is 6.16. The maximum atomic E-state index is 13.8. The number of thiazole rings is 2. The molecule has 0 radical (unpaired) electrons. The lowest BCUT2D eigenvalue weighted by Crippen LogP contribution is -2.31. The molecular weight excluding hydrogens is 522 g/mol. The van der Waals surface area contributed by atoms with E-state index in [-0.39, 0.29) is 27.6 Å². The SMILES string of the molecule is C=CCOC(=O)c1sc(N2C(=O)C(O)=C(C(=O)c3sc(C)nc3C)C2c2ccc(C(C)(C)C)cc2)nc1C. The minimum Gasteiger partial charge on any atom is -0.503 e. The van der Waals surface area contributed by atoms with Crippen LogP contribution in [-0.2, 0) is 14.9 Å². The smallest absolute Gasteiger partial charge is 0.350 e. The van der Waals surface area contributed by atoms with E-state index in [4.69, 9.17) is 4.74 Å². The van der Waals surface area contributed by atoms with Gasteiger partial charge in [0.15, 0.2) is 10.9 Å². The topological polar surface area (TPSA) is 110 Å². The van der Waals surface area contributed by atoms with Crippen LogP contribution in [0.25, 0.3) is 0 Å². The molecule has 1 atom stereocenters. The zero-order valence-corrected chi connectivity index (χ0v) is 23.7. The van der Waals surface area contributed by atoms with Crippen molar-refractivity contribution in [3.63, 3.8) is 0 Å². The summed E-state index contributed by atoms with van der Waals surface area (Å²) in [5, 5.41) is 11.9. The van der Waals surface area contributed by atoms with Gasteiger partial charge in [-0.3, -0.25) is 14.5 Å². The molecule has 38 heavy (non-hydrogen) atoms. The maximum absolute atomic E-state index is 13.8. The highest BCUT2D eigenvalue weighted by molar-refractivity contribution is 7.17. The number of carbonyl (C=O) groups excluding carboxylic acids is 3. The molecule has 0 fully saturated rings. The van der Waals surface area contributed by atoms with Crippen molar-refractivity contribution in [3.05, 3.63) is 85.5 Å². The van der Waals surface area contributed by atoms with Crippen molar-refractivity contribution in [3.8, 4) is 0 Å². The number of aromatic nitrogens is 2. The lowest BCUT2D eigenvalue weighted by atomic mass is 9.85. The summed E-state index contributed by atoms with van der Waals surface area (Å²) in [6.45, 7) is 15.0. The Morgan fingerprint density at radius 3 is 2.26 bits per heavy atom. The third-order valence-corrected chi connectivity index (χ3v) is 8.37. The van der Waals surface area contributed by atoms with E-state index >= 15 is 0 Å². The highest BCUT2D eigenvalue weighted by atomic mass is 32.1. The lowest BCUT2D eigenvalue weighted by molar-refractivity contribution is -0.117. The second-order valence-corrected chi connectivity index (χ2v) is 12.2. The Balaban J connectivity index is 1.85. The maximum Gasteiger partial charge on any atom is 0.350 e. The van der Waals surface area contributed by atoms with Gasteiger partial charge in [0.2, 0.25) is 5.78 Å². The number of rotatable bonds is 7. The molecule has 10 heteroatoms. The van der Waals surface area contributed by atoms with Crippen LogP contribution in [0, 0.1) is 20.8 Å². The van der Waals surface area contributed by atoms with Crippen LogP contribution in [0.15, 0.2) is 48.3 Å². The van der Waals surface area contributed by atoms with Crippen LogP contribution in [-0.4, -0.2) is 39.3 Å². The summed E-state index contributed by atoms with van der Waals surface area (Å²) in [6.07, 6.45) is 1.46. The van der Waals surface area contributed by atoms with Crippen LogP contribution < -0.4 is 4.90 Å². The molecule has 1 amide bonds. The number of carbonyl (C=O) groups is 3. The number of aliphatic hydroxyl groups excluding tert-OH is 1. The first-order valence-electron chi connectivity index (χ1n) is 12.0. The van der Waals surface area contributed by atoms with Gasteiger partial charge in [0.25, 0.3) is 5.91 Å². The van der Waals surface area contributed by atoms with Gasteiger partial charge in [-0.25, -0.2) is 14.8 Å². The van der Waals surface area contributed by atoms with Crippen molar-refractivity contribution in [2.24, 2.45) is 0 Å². The average Bonchev–Trinajstić information content (AvgIpc) is 3.49. The number of aryl methyl sites for hydroxylation is 3. The second kappa shape index (κ2) is 10.3. The molecule has 1 aliphatic heterocycles. The number of anilines is 1. The Kier molecular flexibility index (Phi) is 7.40. The molecule has 0 saturated carbocycles. The molecule has 1 aromatic carbocycles. The summed E-state index contributed by atoms with van der Waals surface area (Å²) in [5.74, 6) is -2.47. The molecule has 1 N–H and O–H groups in total. The standard InChI is InChI=1S/C28H29N3O5S2/c1-8-13-36-26(35)24-15(3)30-27(38-24)31-20(17-9-11-18(12-10-17)28(5,6)7)19(22(33)25(31)34)21(32)23-14(2)29-16(4)37-23/h8-12,20,33H,1,13H2,2-7H3. The van der Waals surface area contributed by atoms with Crippen molar-refractivity contribution in [1.82, 2.24) is 9.97 Å². The second-order valence-electron chi connectivity index (χ2n) is 9.99. The van der Waals surface area contributed by atoms with Gasteiger partial charge in [-0.05, 0) is 37.3 Å². The molecule has 198 valence electrons. The summed E-state index contributed by atoms with van der Waals surface area (Å²) in [6, 6.07) is 6.64. The Hall–Kier alpha value is -3.63. The van der Waals surface area contributed by atoms with Gasteiger partial charge in [0, 0.05) is 0 Å². The predicted octanol–water partition coefficient (Wildman–Crippen LogP) is 5.95. The fraction of sp³-hybridized carbons (Fsp3) is 0.321. The third kappa shape index (κ3) is 4.93. The summed E-state index contributed by atoms with van der Waals surface area (Å²) >= 11 is 2.18. The first-order chi connectivity index (χ1) is 17.8. The lowest BCUT2D eigenvalue weighted by Gasteiger charge is -2.26. The van der Waals surface area contributed by atoms with E-state index in [1.807, 2.05) is 24.3 Å². The Labute approximate surface area is 229 Å². The zero-order valence-electron chi connectivity index (χ0n) is 22.1. The van der Waals surface area contributed by atoms with Gasteiger partial charge in [0.1, 0.15) is 11.5 Å². The largest absolute Gasteiger partial charge is 0.503 e. The summed E-state index contributed by atoms with van der Waals surface area (Å²) < 4.78 is 5.16. The van der Waals surface area contributed by atoms with E-state index in [9.17, 15) is 19.5 Å². The normalized spacial score (nSPS) is 15.8. The highest BCUT2D eigenvalue weighted by Gasteiger charge is 2.47. The summed E-state index contributed by atoms with van der Waals surface area (Å²) in [5.41, 5.74) is 2.45. The van der Waals surface area contributed by atoms with Gasteiger partial charge >= 0.3 is 5.97 Å². The van der Waals surface area contributed by atoms with Crippen LogP contribution in [0.3, 0.4) is 0 Å². The minimum atomic E-state index is -0.951. The van der Waals surface area contributed by atoms with Gasteiger partial charge in [-0.1, -0.05) is 69.0 Å². The van der Waals surface area contributed by atoms with E-state index in [2.05, 4.69) is 37.3 Å². The fourth-order valence-electron chi connectivity index (χ4n) is 4.25. The zero-order chi connectivity index (χ0) is 27.9. The van der Waals surface area contributed by atoms with Crippen molar-refractivity contribution in [2.45, 2.75) is 53.0 Å². The number of nitrogens with zero attached hydrogens (tertiary/aromatic N) is 3. The van der Waals surface area contributed by atoms with Gasteiger partial charge in [-0.2, -0.15) is 0 Å². The number of amides is 1. The molecule has 8 nitrogen and oxygen atoms in total. The number of Topliss-reactive ketones (excluding diaryl/α,β-unsaturated/α-hetero) is 1. The van der Waals surface area contributed by atoms with Crippen molar-refractivity contribution in [2.75, 3.05) is 11.5 Å². The van der Waals surface area contributed by atoms with Crippen LogP contribution in [0.1, 0.15) is 73.7 Å². The molecule has 0 aliphatic carbocycles. The molecule has 1 unspecified atom stereocenters. The fourth-order valence-corrected chi connectivity index (χ4v) is 6.12. The van der Waals surface area contributed by atoms with E-state index in [1.165, 1.54) is 22.3 Å². The Morgan fingerprint density at radius 1 is 1.08 bits per heavy atom.